The highest BCUT2D eigenvalue weighted by atomic mass is 16.5. The van der Waals surface area contributed by atoms with Gasteiger partial charge in [0.15, 0.2) is 11.0 Å². The molecule has 0 aliphatic rings. The molecule has 5 heteroatoms. The normalized spacial score (nSPS) is 13.9. The quantitative estimate of drug-likeness (QED) is 0.143. The lowest BCUT2D eigenvalue weighted by Crippen LogP contribution is -2.30. The summed E-state index contributed by atoms with van der Waals surface area (Å²) in [7, 11) is 0. The Balaban J connectivity index is 1.03. The van der Waals surface area contributed by atoms with Crippen LogP contribution in [0.2, 0.25) is 0 Å². The molecule has 0 saturated carbocycles. The van der Waals surface area contributed by atoms with E-state index in [9.17, 15) is 0 Å². The summed E-state index contributed by atoms with van der Waals surface area (Å²) in [6, 6.07) is 39.9. The summed E-state index contributed by atoms with van der Waals surface area (Å²) in [5, 5.41) is 2.12. The van der Waals surface area contributed by atoms with Gasteiger partial charge in [-0.1, -0.05) is 160 Å². The van der Waals surface area contributed by atoms with Crippen molar-refractivity contribution < 1.29 is 23.0 Å². The SMILES string of the molecule is [2H]c1c([2H])c([2H])c(-c2cccc(-c3c([2H])c([2H])c([2H])c([2H])c3[2H])c2-[n+]2cn(-c3cccc(Oc4ccc5c6ccccc6n(-c6cc(C)c(-c7ccc(C(C)(C)C)cc7)cn6)c5c4)c3)c3ccccc32)c([2H])c1[2H]. The molecule has 0 amide bonds. The first-order valence-corrected chi connectivity index (χ1v) is 21.1. The fourth-order valence-electron chi connectivity index (χ4n) is 8.68. The van der Waals surface area contributed by atoms with Crippen LogP contribution in [-0.2, 0) is 5.41 Å². The molecule has 11 aromatic rings. The lowest BCUT2D eigenvalue weighted by atomic mass is 9.86. The zero-order chi connectivity index (χ0) is 52.1. The van der Waals surface area contributed by atoms with Gasteiger partial charge in [0.2, 0.25) is 0 Å². The van der Waals surface area contributed by atoms with Crippen molar-refractivity contribution in [1.82, 2.24) is 14.1 Å². The Hall–Kier alpha value is -8.02. The van der Waals surface area contributed by atoms with Crippen LogP contribution in [0.5, 0.6) is 11.5 Å². The first kappa shape index (κ1) is 29.3. The molecule has 3 aromatic heterocycles. The minimum atomic E-state index is -0.559. The van der Waals surface area contributed by atoms with E-state index in [0.29, 0.717) is 28.2 Å². The monoisotopic (exact) mass is 837 g/mol. The second kappa shape index (κ2) is 15.7. The molecule has 64 heavy (non-hydrogen) atoms. The number of hydrogen-bond acceptors (Lipinski definition) is 2. The van der Waals surface area contributed by atoms with E-state index in [1.54, 1.807) is 29.1 Å². The van der Waals surface area contributed by atoms with Gasteiger partial charge in [-0.2, -0.15) is 9.13 Å². The van der Waals surface area contributed by atoms with Gasteiger partial charge < -0.3 is 4.74 Å². The van der Waals surface area contributed by atoms with Gasteiger partial charge in [-0.3, -0.25) is 4.57 Å². The molecule has 0 unspecified atom stereocenters. The molecular weight excluding hydrogens is 781 g/mol. The largest absolute Gasteiger partial charge is 0.457 e. The average Bonchev–Trinajstić information content (AvgIpc) is 3.94. The van der Waals surface area contributed by atoms with Crippen molar-refractivity contribution in [3.05, 3.63) is 224 Å². The predicted molar refractivity (Wildman–Crippen MR) is 263 cm³/mol. The van der Waals surface area contributed by atoms with Crippen LogP contribution in [0.3, 0.4) is 0 Å². The van der Waals surface area contributed by atoms with Gasteiger partial charge in [-0.25, -0.2) is 4.98 Å². The van der Waals surface area contributed by atoms with Crippen molar-refractivity contribution in [3.63, 3.8) is 0 Å². The summed E-state index contributed by atoms with van der Waals surface area (Å²) in [6.07, 6.45) is 3.73. The fourth-order valence-corrected chi connectivity index (χ4v) is 8.68. The number of fused-ring (bicyclic) bond motifs is 4. The maximum Gasteiger partial charge on any atom is 0.255 e. The van der Waals surface area contributed by atoms with Crippen LogP contribution in [0.15, 0.2) is 212 Å². The zero-order valence-corrected chi connectivity index (χ0v) is 35.6. The number of nitrogens with zero attached hydrogens (tertiary/aromatic N) is 4. The number of benzene rings is 8. The first-order chi connectivity index (χ1) is 35.4. The summed E-state index contributed by atoms with van der Waals surface area (Å²) in [4.78, 5) is 5.05. The highest BCUT2D eigenvalue weighted by molar-refractivity contribution is 6.09. The van der Waals surface area contributed by atoms with Crippen molar-refractivity contribution in [1.29, 1.82) is 0 Å². The molecule has 0 radical (unpaired) electrons. The van der Waals surface area contributed by atoms with E-state index in [4.69, 9.17) is 23.4 Å². The number of aromatic nitrogens is 4. The number of rotatable bonds is 8. The predicted octanol–water partition coefficient (Wildman–Crippen LogP) is 14.8. The minimum Gasteiger partial charge on any atom is -0.457 e. The fraction of sp³-hybridized carbons (Fsp3) is 0.0847. The number of pyridine rings is 1. The van der Waals surface area contributed by atoms with Gasteiger partial charge in [0, 0.05) is 45.8 Å². The van der Waals surface area contributed by atoms with Gasteiger partial charge >= 0.3 is 0 Å². The van der Waals surface area contributed by atoms with Gasteiger partial charge in [0.25, 0.3) is 6.33 Å². The second-order valence-electron chi connectivity index (χ2n) is 16.9. The molecule has 0 aliphatic carbocycles. The van der Waals surface area contributed by atoms with Crippen molar-refractivity contribution in [2.75, 3.05) is 0 Å². The van der Waals surface area contributed by atoms with Gasteiger partial charge in [-0.15, -0.1) is 0 Å². The van der Waals surface area contributed by atoms with Crippen molar-refractivity contribution in [2.45, 2.75) is 33.1 Å². The van der Waals surface area contributed by atoms with Crippen LogP contribution in [0.25, 0.3) is 83.4 Å². The number of aryl methyl sites for hydroxylation is 1. The molecule has 3 heterocycles. The summed E-state index contributed by atoms with van der Waals surface area (Å²) < 4.78 is 99.7. The summed E-state index contributed by atoms with van der Waals surface area (Å²) in [5.74, 6) is 1.90. The van der Waals surface area contributed by atoms with E-state index in [0.717, 1.165) is 44.3 Å². The molecule has 8 aromatic carbocycles. The standard InChI is InChI=1S/C59H47N4O/c1-40-35-57(60-38-52(40)43-29-31-44(32-30-43)59(2,3)4)63-53-26-12-11-23-50(53)51-34-33-47(37-56(51)63)64-46-22-15-21-45(36-46)61-39-62(55-28-14-13-27-54(55)61)58-48(41-17-7-5-8-18-41)24-16-25-49(58)42-19-9-6-10-20-42/h5-39H,1-4H3/q+1/i5D,6D,7D,8D,9D,10D,17D,18D,19D,20D. The molecule has 0 bridgehead atoms. The molecular formula is C59H47N4O+. The van der Waals surface area contributed by atoms with Gasteiger partial charge in [-0.05, 0) is 88.7 Å². The van der Waals surface area contributed by atoms with Gasteiger partial charge in [0.05, 0.1) is 24.7 Å². The van der Waals surface area contributed by atoms with E-state index in [1.165, 1.54) is 5.56 Å². The maximum absolute atomic E-state index is 9.04. The molecule has 11 rings (SSSR count). The molecule has 5 nitrogen and oxygen atoms in total. The lowest BCUT2D eigenvalue weighted by molar-refractivity contribution is -0.566. The highest BCUT2D eigenvalue weighted by Crippen LogP contribution is 2.38. The van der Waals surface area contributed by atoms with E-state index < -0.39 is 60.4 Å². The third-order valence-corrected chi connectivity index (χ3v) is 11.8. The Morgan fingerprint density at radius 3 is 1.91 bits per heavy atom. The zero-order valence-electron chi connectivity index (χ0n) is 45.6. The highest BCUT2D eigenvalue weighted by Gasteiger charge is 2.25. The Morgan fingerprint density at radius 1 is 0.562 bits per heavy atom. The van der Waals surface area contributed by atoms with E-state index >= 15 is 0 Å². The Morgan fingerprint density at radius 2 is 1.20 bits per heavy atom. The minimum absolute atomic E-state index is 0.0484. The number of imidazole rings is 1. The van der Waals surface area contributed by atoms with Crippen LogP contribution in [0.1, 0.15) is 45.6 Å². The summed E-state index contributed by atoms with van der Waals surface area (Å²) >= 11 is 0. The Labute approximate surface area is 387 Å². The third kappa shape index (κ3) is 6.92. The number of para-hydroxylation sites is 4. The third-order valence-electron chi connectivity index (χ3n) is 11.8. The number of hydrogen-bond donors (Lipinski definition) is 0. The molecule has 0 spiro atoms. The van der Waals surface area contributed by atoms with Crippen molar-refractivity contribution >= 4 is 32.8 Å². The summed E-state index contributed by atoms with van der Waals surface area (Å²) in [6.45, 7) is 8.74. The lowest BCUT2D eigenvalue weighted by Gasteiger charge is -2.19. The van der Waals surface area contributed by atoms with E-state index in [-0.39, 0.29) is 33.4 Å². The molecule has 0 aliphatic heterocycles. The van der Waals surface area contributed by atoms with Gasteiger partial charge in [0.1, 0.15) is 28.7 Å². The number of ether oxygens (including phenoxy) is 1. The molecule has 0 N–H and O–H groups in total. The van der Waals surface area contributed by atoms with Crippen LogP contribution >= 0.6 is 0 Å². The van der Waals surface area contributed by atoms with Crippen molar-refractivity contribution in [3.8, 4) is 62.1 Å². The van der Waals surface area contributed by atoms with Crippen LogP contribution in [0.4, 0.5) is 0 Å². The smallest absolute Gasteiger partial charge is 0.255 e. The van der Waals surface area contributed by atoms with Crippen LogP contribution in [-0.4, -0.2) is 14.1 Å². The first-order valence-electron chi connectivity index (χ1n) is 26.1. The van der Waals surface area contributed by atoms with E-state index in [1.807, 2.05) is 83.6 Å². The Bertz CT molecular complexity index is 3970. The summed E-state index contributed by atoms with van der Waals surface area (Å²) in [5.41, 5.74) is 8.90. The van der Waals surface area contributed by atoms with Crippen LogP contribution < -0.4 is 9.30 Å². The second-order valence-corrected chi connectivity index (χ2v) is 16.9. The molecule has 0 saturated heterocycles. The van der Waals surface area contributed by atoms with Crippen LogP contribution in [0, 0.1) is 6.92 Å². The topological polar surface area (TPSA) is 35.9 Å². The van der Waals surface area contributed by atoms with E-state index in [2.05, 4.69) is 80.8 Å². The average molecular weight is 838 g/mol. The maximum atomic E-state index is 9.04. The molecule has 0 atom stereocenters. The van der Waals surface area contributed by atoms with Crippen molar-refractivity contribution in [2.24, 2.45) is 0 Å². The Kier molecular flexibility index (Phi) is 7.20. The molecule has 308 valence electrons. The molecule has 0 fully saturated rings.